The number of ether oxygens (including phenoxy) is 1. The molecule has 0 unspecified atom stereocenters. The third-order valence-corrected chi connectivity index (χ3v) is 3.18. The van der Waals surface area contributed by atoms with Crippen LogP contribution in [0.3, 0.4) is 0 Å². The number of nitro groups is 1. The second-order valence-electron chi connectivity index (χ2n) is 4.61. The lowest BCUT2D eigenvalue weighted by molar-refractivity contribution is -0.385. The summed E-state index contributed by atoms with van der Waals surface area (Å²) in [7, 11) is 2.12. The molecular weight excluding hydrogens is 248 g/mol. The van der Waals surface area contributed by atoms with E-state index in [2.05, 4.69) is 21.8 Å². The second-order valence-corrected chi connectivity index (χ2v) is 4.61. The lowest BCUT2D eigenvalue weighted by atomic mass is 10.3. The fourth-order valence-corrected chi connectivity index (χ4v) is 1.92. The molecule has 1 fully saturated rings. The van der Waals surface area contributed by atoms with Gasteiger partial charge in [-0.15, -0.1) is 0 Å². The number of hydrogen-bond acceptors (Lipinski definition) is 6. The number of hydrogen-bond donors (Lipinski definition) is 0. The molecule has 7 heteroatoms. The van der Waals surface area contributed by atoms with E-state index in [9.17, 15) is 10.1 Å². The molecule has 0 aromatic carbocycles. The maximum atomic E-state index is 10.5. The normalized spacial score (nSPS) is 17.3. The van der Waals surface area contributed by atoms with Gasteiger partial charge in [-0.2, -0.15) is 0 Å². The summed E-state index contributed by atoms with van der Waals surface area (Å²) >= 11 is 0. The molecule has 1 aromatic heterocycles. The highest BCUT2D eigenvalue weighted by Gasteiger charge is 2.13. The maximum absolute atomic E-state index is 10.5. The van der Waals surface area contributed by atoms with Gasteiger partial charge >= 0.3 is 0 Å². The average molecular weight is 266 g/mol. The van der Waals surface area contributed by atoms with Gasteiger partial charge in [0.2, 0.25) is 5.88 Å². The van der Waals surface area contributed by atoms with Crippen LogP contribution in [-0.4, -0.2) is 66.1 Å². The zero-order valence-corrected chi connectivity index (χ0v) is 11.0. The molecule has 104 valence electrons. The number of piperazine rings is 1. The highest BCUT2D eigenvalue weighted by molar-refractivity contribution is 5.28. The first kappa shape index (κ1) is 13.7. The summed E-state index contributed by atoms with van der Waals surface area (Å²) in [5.41, 5.74) is -0.0218. The zero-order chi connectivity index (χ0) is 13.7. The summed E-state index contributed by atoms with van der Waals surface area (Å²) in [6.07, 6.45) is 1.21. The van der Waals surface area contributed by atoms with Gasteiger partial charge in [-0.25, -0.2) is 4.98 Å². The van der Waals surface area contributed by atoms with Crippen LogP contribution in [0, 0.1) is 10.1 Å². The first-order valence-corrected chi connectivity index (χ1v) is 6.29. The standard InChI is InChI=1S/C12H18N4O3/c1-14-4-6-15(7-5-14)8-9-19-12-3-2-11(10-13-12)16(17)18/h2-3,10H,4-9H2,1H3. The quantitative estimate of drug-likeness (QED) is 0.574. The van der Waals surface area contributed by atoms with E-state index in [4.69, 9.17) is 4.74 Å². The molecule has 0 amide bonds. The van der Waals surface area contributed by atoms with Crippen LogP contribution in [0.1, 0.15) is 0 Å². The number of aromatic nitrogens is 1. The Morgan fingerprint density at radius 3 is 2.68 bits per heavy atom. The lowest BCUT2D eigenvalue weighted by Crippen LogP contribution is -2.45. The molecule has 0 bridgehead atoms. The van der Waals surface area contributed by atoms with Crippen LogP contribution in [0.4, 0.5) is 5.69 Å². The van der Waals surface area contributed by atoms with Crippen LogP contribution in [0.2, 0.25) is 0 Å². The Morgan fingerprint density at radius 1 is 1.37 bits per heavy atom. The van der Waals surface area contributed by atoms with Gasteiger partial charge in [0.15, 0.2) is 0 Å². The van der Waals surface area contributed by atoms with Crippen LogP contribution in [0.5, 0.6) is 5.88 Å². The van der Waals surface area contributed by atoms with Gasteiger partial charge in [0.25, 0.3) is 5.69 Å². The Balaban J connectivity index is 1.72. The lowest BCUT2D eigenvalue weighted by Gasteiger charge is -2.32. The highest BCUT2D eigenvalue weighted by atomic mass is 16.6. The van der Waals surface area contributed by atoms with Crippen molar-refractivity contribution in [2.45, 2.75) is 0 Å². The van der Waals surface area contributed by atoms with Gasteiger partial charge in [-0.1, -0.05) is 0 Å². The molecule has 19 heavy (non-hydrogen) atoms. The number of likely N-dealkylation sites (N-methyl/N-ethyl adjacent to an activating group) is 1. The molecule has 0 spiro atoms. The van der Waals surface area contributed by atoms with E-state index in [0.717, 1.165) is 32.7 Å². The van der Waals surface area contributed by atoms with E-state index in [1.165, 1.54) is 18.3 Å². The summed E-state index contributed by atoms with van der Waals surface area (Å²) in [4.78, 5) is 18.5. The largest absolute Gasteiger partial charge is 0.476 e. The van der Waals surface area contributed by atoms with E-state index in [1.807, 2.05) is 0 Å². The van der Waals surface area contributed by atoms with Crippen molar-refractivity contribution in [2.24, 2.45) is 0 Å². The Hall–Kier alpha value is -1.73. The fourth-order valence-electron chi connectivity index (χ4n) is 1.92. The molecule has 0 aliphatic carbocycles. The van der Waals surface area contributed by atoms with Gasteiger partial charge in [0.05, 0.1) is 4.92 Å². The molecular formula is C12H18N4O3. The van der Waals surface area contributed by atoms with Crippen molar-refractivity contribution in [3.63, 3.8) is 0 Å². The van der Waals surface area contributed by atoms with Crippen LogP contribution < -0.4 is 4.74 Å². The minimum Gasteiger partial charge on any atom is -0.476 e. The molecule has 0 saturated carbocycles. The SMILES string of the molecule is CN1CCN(CCOc2ccc([N+](=O)[O-])cn2)CC1. The fraction of sp³-hybridized carbons (Fsp3) is 0.583. The van der Waals surface area contributed by atoms with Crippen molar-refractivity contribution in [1.29, 1.82) is 0 Å². The van der Waals surface area contributed by atoms with Gasteiger partial charge in [-0.3, -0.25) is 15.0 Å². The predicted octanol–water partition coefficient (Wildman–Crippen LogP) is 0.616. The van der Waals surface area contributed by atoms with Gasteiger partial charge in [-0.05, 0) is 7.05 Å². The molecule has 0 atom stereocenters. The van der Waals surface area contributed by atoms with Gasteiger partial charge in [0.1, 0.15) is 12.8 Å². The Kier molecular flexibility index (Phi) is 4.64. The van der Waals surface area contributed by atoms with Crippen molar-refractivity contribution in [1.82, 2.24) is 14.8 Å². The molecule has 1 aliphatic heterocycles. The summed E-state index contributed by atoms with van der Waals surface area (Å²) in [5, 5.41) is 10.5. The van der Waals surface area contributed by atoms with Crippen LogP contribution in [0.15, 0.2) is 18.3 Å². The van der Waals surface area contributed by atoms with Crippen molar-refractivity contribution in [2.75, 3.05) is 46.4 Å². The molecule has 2 rings (SSSR count). The monoisotopic (exact) mass is 266 g/mol. The third-order valence-electron chi connectivity index (χ3n) is 3.18. The smallest absolute Gasteiger partial charge is 0.287 e. The molecule has 2 heterocycles. The van der Waals surface area contributed by atoms with Crippen molar-refractivity contribution in [3.8, 4) is 5.88 Å². The third kappa shape index (κ3) is 4.15. The summed E-state index contributed by atoms with van der Waals surface area (Å²) in [6.45, 7) is 5.66. The predicted molar refractivity (Wildman–Crippen MR) is 70.3 cm³/mol. The first-order valence-electron chi connectivity index (χ1n) is 6.29. The van der Waals surface area contributed by atoms with Crippen LogP contribution in [-0.2, 0) is 0 Å². The minimum absolute atomic E-state index is 0.0218. The molecule has 1 aliphatic rings. The van der Waals surface area contributed by atoms with E-state index in [-0.39, 0.29) is 5.69 Å². The molecule has 7 nitrogen and oxygen atoms in total. The molecule has 1 aromatic rings. The Morgan fingerprint density at radius 2 is 2.11 bits per heavy atom. The molecule has 0 N–H and O–H groups in total. The van der Waals surface area contributed by atoms with E-state index in [0.29, 0.717) is 12.5 Å². The maximum Gasteiger partial charge on any atom is 0.287 e. The average Bonchev–Trinajstić information content (AvgIpc) is 2.41. The number of nitrogens with zero attached hydrogens (tertiary/aromatic N) is 4. The zero-order valence-electron chi connectivity index (χ0n) is 11.0. The minimum atomic E-state index is -0.471. The van der Waals surface area contributed by atoms with Gasteiger partial charge < -0.3 is 9.64 Å². The van der Waals surface area contributed by atoms with Gasteiger partial charge in [0, 0.05) is 44.9 Å². The van der Waals surface area contributed by atoms with E-state index < -0.39 is 4.92 Å². The van der Waals surface area contributed by atoms with Crippen molar-refractivity contribution < 1.29 is 9.66 Å². The van der Waals surface area contributed by atoms with E-state index in [1.54, 1.807) is 0 Å². The second kappa shape index (κ2) is 6.44. The van der Waals surface area contributed by atoms with Crippen molar-refractivity contribution >= 4 is 5.69 Å². The highest BCUT2D eigenvalue weighted by Crippen LogP contribution is 2.13. The molecule has 1 saturated heterocycles. The number of pyridine rings is 1. The van der Waals surface area contributed by atoms with Crippen molar-refractivity contribution in [3.05, 3.63) is 28.4 Å². The van der Waals surface area contributed by atoms with E-state index >= 15 is 0 Å². The Labute approximate surface area is 111 Å². The summed E-state index contributed by atoms with van der Waals surface area (Å²) < 4.78 is 5.48. The van der Waals surface area contributed by atoms with Crippen LogP contribution >= 0.6 is 0 Å². The van der Waals surface area contributed by atoms with Crippen LogP contribution in [0.25, 0.3) is 0 Å². The Bertz CT molecular complexity index is 415. The summed E-state index contributed by atoms with van der Waals surface area (Å²) in [5.74, 6) is 0.430. The summed E-state index contributed by atoms with van der Waals surface area (Å²) in [6, 6.07) is 2.93. The topological polar surface area (TPSA) is 71.7 Å². The molecule has 0 radical (unpaired) electrons. The first-order chi connectivity index (χ1) is 9.15. The number of rotatable bonds is 5.